The predicted octanol–water partition coefficient (Wildman–Crippen LogP) is 3.69. The van der Waals surface area contributed by atoms with Crippen LogP contribution in [0, 0.1) is 0 Å². The van der Waals surface area contributed by atoms with Crippen LogP contribution in [-0.2, 0) is 0 Å². The van der Waals surface area contributed by atoms with E-state index in [-0.39, 0.29) is 29.7 Å². The summed E-state index contributed by atoms with van der Waals surface area (Å²) in [5.41, 5.74) is 3.48. The molecule has 6 heteroatoms. The van der Waals surface area contributed by atoms with Gasteiger partial charge in [0.05, 0.1) is 16.6 Å². The van der Waals surface area contributed by atoms with Crippen molar-refractivity contribution in [2.75, 3.05) is 13.1 Å². The van der Waals surface area contributed by atoms with Crippen LogP contribution in [0.2, 0.25) is 0 Å². The monoisotopic (exact) mass is 391 g/mol. The molecule has 0 spiro atoms. The lowest BCUT2D eigenvalue weighted by Gasteiger charge is -2.33. The molecule has 3 heterocycles. The zero-order valence-electron chi connectivity index (χ0n) is 16.7. The van der Waals surface area contributed by atoms with Crippen LogP contribution in [0.4, 0.5) is 0 Å². The lowest BCUT2D eigenvalue weighted by Crippen LogP contribution is -2.40. The van der Waals surface area contributed by atoms with Crippen molar-refractivity contribution in [2.24, 2.45) is 0 Å². The Balaban J connectivity index is 1.36. The van der Waals surface area contributed by atoms with E-state index in [9.17, 15) is 9.59 Å². The van der Waals surface area contributed by atoms with Crippen LogP contribution in [0.5, 0.6) is 5.75 Å². The van der Waals surface area contributed by atoms with E-state index < -0.39 is 0 Å². The molecule has 2 unspecified atom stereocenters. The fourth-order valence-corrected chi connectivity index (χ4v) is 4.69. The summed E-state index contributed by atoms with van der Waals surface area (Å²) in [7, 11) is 0. The standard InChI is InChI=1S/C23H25N3O3/c1-14-15(2)29-21-17(14)6-5-7-18(21)22(27)25-12-10-16(11-13-25)26-20-9-4-3-8-19(20)24-23(26)28/h3-9,14-16H,10-13H2,1-2H3,(H,24,28). The van der Waals surface area contributed by atoms with Gasteiger partial charge in [-0.3, -0.25) is 9.36 Å². The van der Waals surface area contributed by atoms with Gasteiger partial charge in [0.1, 0.15) is 11.9 Å². The van der Waals surface area contributed by atoms with Crippen molar-refractivity contribution in [1.29, 1.82) is 0 Å². The number of imidazole rings is 1. The molecule has 5 rings (SSSR count). The normalized spacial score (nSPS) is 21.9. The molecule has 3 aromatic rings. The van der Waals surface area contributed by atoms with Crippen LogP contribution in [0.3, 0.4) is 0 Å². The van der Waals surface area contributed by atoms with E-state index in [1.165, 1.54) is 0 Å². The van der Waals surface area contributed by atoms with Gasteiger partial charge in [-0.25, -0.2) is 4.79 Å². The SMILES string of the molecule is CC1Oc2c(C(=O)N3CCC(n4c(=O)[nH]c5ccccc54)CC3)cccc2C1C. The molecule has 1 saturated heterocycles. The second-order valence-corrected chi connectivity index (χ2v) is 8.18. The van der Waals surface area contributed by atoms with Crippen LogP contribution in [0.25, 0.3) is 11.0 Å². The number of hydrogen-bond acceptors (Lipinski definition) is 3. The summed E-state index contributed by atoms with van der Waals surface area (Å²) < 4.78 is 7.86. The maximum atomic E-state index is 13.2. The molecular weight excluding hydrogens is 366 g/mol. The van der Waals surface area contributed by atoms with Gasteiger partial charge in [-0.05, 0) is 38.0 Å². The van der Waals surface area contributed by atoms with Gasteiger partial charge >= 0.3 is 5.69 Å². The van der Waals surface area contributed by atoms with E-state index in [2.05, 4.69) is 18.0 Å². The lowest BCUT2D eigenvalue weighted by atomic mass is 9.96. The Labute approximate surface area is 169 Å². The fourth-order valence-electron chi connectivity index (χ4n) is 4.69. The summed E-state index contributed by atoms with van der Waals surface area (Å²) in [6.07, 6.45) is 1.60. The fraction of sp³-hybridized carbons (Fsp3) is 0.391. The van der Waals surface area contributed by atoms with Gasteiger partial charge in [0.2, 0.25) is 0 Å². The number of para-hydroxylation sites is 3. The summed E-state index contributed by atoms with van der Waals surface area (Å²) in [6.45, 7) is 5.44. The third-order valence-corrected chi connectivity index (χ3v) is 6.52. The van der Waals surface area contributed by atoms with Crippen LogP contribution in [0.1, 0.15) is 54.6 Å². The Kier molecular flexibility index (Phi) is 4.23. The van der Waals surface area contributed by atoms with E-state index in [0.29, 0.717) is 18.7 Å². The van der Waals surface area contributed by atoms with E-state index in [4.69, 9.17) is 4.74 Å². The van der Waals surface area contributed by atoms with Crippen LogP contribution in [-0.4, -0.2) is 39.6 Å². The molecule has 1 aromatic heterocycles. The maximum absolute atomic E-state index is 13.2. The molecule has 150 valence electrons. The molecule has 0 saturated carbocycles. The number of aromatic amines is 1. The number of ether oxygens (including phenoxy) is 1. The van der Waals surface area contributed by atoms with E-state index in [1.54, 1.807) is 0 Å². The second kappa shape index (κ2) is 6.79. The van der Waals surface area contributed by atoms with Crippen LogP contribution < -0.4 is 10.4 Å². The van der Waals surface area contributed by atoms with Crippen molar-refractivity contribution >= 4 is 16.9 Å². The first-order valence-electron chi connectivity index (χ1n) is 10.3. The largest absolute Gasteiger partial charge is 0.489 e. The summed E-state index contributed by atoms with van der Waals surface area (Å²) in [5, 5.41) is 0. The van der Waals surface area contributed by atoms with Crippen LogP contribution in [0.15, 0.2) is 47.3 Å². The summed E-state index contributed by atoms with van der Waals surface area (Å²) in [5.74, 6) is 1.05. The highest BCUT2D eigenvalue weighted by Crippen LogP contribution is 2.41. The topological polar surface area (TPSA) is 67.3 Å². The third kappa shape index (κ3) is 2.85. The number of fused-ring (bicyclic) bond motifs is 2. The average Bonchev–Trinajstić information content (AvgIpc) is 3.23. The van der Waals surface area contributed by atoms with E-state index >= 15 is 0 Å². The van der Waals surface area contributed by atoms with Gasteiger partial charge in [-0.15, -0.1) is 0 Å². The van der Waals surface area contributed by atoms with Gasteiger partial charge in [-0.1, -0.05) is 31.2 Å². The number of carbonyl (C=O) groups is 1. The molecule has 29 heavy (non-hydrogen) atoms. The molecular formula is C23H25N3O3. The maximum Gasteiger partial charge on any atom is 0.326 e. The average molecular weight is 391 g/mol. The summed E-state index contributed by atoms with van der Waals surface area (Å²) in [4.78, 5) is 30.5. The first-order chi connectivity index (χ1) is 14.0. The van der Waals surface area contributed by atoms with Gasteiger partial charge in [0.25, 0.3) is 5.91 Å². The number of piperidine rings is 1. The number of carbonyl (C=O) groups excluding carboxylic acids is 1. The lowest BCUT2D eigenvalue weighted by molar-refractivity contribution is 0.0690. The Morgan fingerprint density at radius 1 is 1.07 bits per heavy atom. The number of rotatable bonds is 2. The number of aromatic nitrogens is 2. The Bertz CT molecular complexity index is 1140. The first kappa shape index (κ1) is 18.0. The minimum Gasteiger partial charge on any atom is -0.489 e. The van der Waals surface area contributed by atoms with Gasteiger partial charge < -0.3 is 14.6 Å². The molecule has 2 aliphatic heterocycles. The van der Waals surface area contributed by atoms with E-state index in [0.717, 1.165) is 35.2 Å². The summed E-state index contributed by atoms with van der Waals surface area (Å²) >= 11 is 0. The Hall–Kier alpha value is -3.02. The second-order valence-electron chi connectivity index (χ2n) is 8.18. The van der Waals surface area contributed by atoms with Crippen molar-refractivity contribution in [3.63, 3.8) is 0 Å². The highest BCUT2D eigenvalue weighted by molar-refractivity contribution is 5.97. The quantitative estimate of drug-likeness (QED) is 0.724. The van der Waals surface area contributed by atoms with Crippen molar-refractivity contribution in [2.45, 2.75) is 44.8 Å². The summed E-state index contributed by atoms with van der Waals surface area (Å²) in [6, 6.07) is 13.7. The molecule has 0 radical (unpaired) electrons. The number of amides is 1. The molecule has 2 aromatic carbocycles. The molecule has 1 N–H and O–H groups in total. The van der Waals surface area contributed by atoms with Crippen LogP contribution >= 0.6 is 0 Å². The molecule has 1 amide bonds. The minimum atomic E-state index is -0.0757. The molecule has 0 aliphatic carbocycles. The molecule has 2 aliphatic rings. The smallest absolute Gasteiger partial charge is 0.326 e. The van der Waals surface area contributed by atoms with Crippen molar-refractivity contribution < 1.29 is 9.53 Å². The highest BCUT2D eigenvalue weighted by atomic mass is 16.5. The number of hydrogen-bond donors (Lipinski definition) is 1. The molecule has 0 bridgehead atoms. The van der Waals surface area contributed by atoms with Crippen molar-refractivity contribution in [1.82, 2.24) is 14.5 Å². The zero-order chi connectivity index (χ0) is 20.1. The zero-order valence-corrected chi connectivity index (χ0v) is 16.7. The van der Waals surface area contributed by atoms with Gasteiger partial charge in [0.15, 0.2) is 0 Å². The predicted molar refractivity (Wildman–Crippen MR) is 112 cm³/mol. The van der Waals surface area contributed by atoms with Gasteiger partial charge in [0, 0.05) is 30.6 Å². The van der Waals surface area contributed by atoms with Gasteiger partial charge in [-0.2, -0.15) is 0 Å². The molecule has 6 nitrogen and oxygen atoms in total. The van der Waals surface area contributed by atoms with Crippen molar-refractivity contribution in [3.05, 3.63) is 64.1 Å². The molecule has 2 atom stereocenters. The number of nitrogens with zero attached hydrogens (tertiary/aromatic N) is 2. The van der Waals surface area contributed by atoms with Crippen molar-refractivity contribution in [3.8, 4) is 5.75 Å². The Morgan fingerprint density at radius 2 is 1.83 bits per heavy atom. The Morgan fingerprint density at radius 3 is 2.62 bits per heavy atom. The highest BCUT2D eigenvalue weighted by Gasteiger charge is 2.33. The number of H-pyrrole nitrogens is 1. The number of nitrogens with one attached hydrogen (secondary N) is 1. The van der Waals surface area contributed by atoms with E-state index in [1.807, 2.05) is 52.8 Å². The minimum absolute atomic E-state index is 0.0212. The number of benzene rings is 2. The molecule has 1 fully saturated rings. The first-order valence-corrected chi connectivity index (χ1v) is 10.3. The third-order valence-electron chi connectivity index (χ3n) is 6.52. The number of likely N-dealkylation sites (tertiary alicyclic amines) is 1.